The third-order valence-corrected chi connectivity index (χ3v) is 2.14. The van der Waals surface area contributed by atoms with Crippen LogP contribution in [0.3, 0.4) is 0 Å². The zero-order valence-electron chi connectivity index (χ0n) is 8.38. The molecular formula is C11H13NO3. The second kappa shape index (κ2) is 5.26. The first-order valence-electron chi connectivity index (χ1n) is 4.60. The topological polar surface area (TPSA) is 66.4 Å². The van der Waals surface area contributed by atoms with E-state index in [-0.39, 0.29) is 5.78 Å². The molecule has 0 aliphatic heterocycles. The molecule has 0 aliphatic carbocycles. The van der Waals surface area contributed by atoms with Crippen molar-refractivity contribution in [3.05, 3.63) is 35.9 Å². The Bertz CT molecular complexity index is 337. The van der Waals surface area contributed by atoms with Gasteiger partial charge in [-0.25, -0.2) is 0 Å². The molecule has 1 aromatic rings. The number of nitrogens with one attached hydrogen (secondary N) is 1. The molecule has 0 saturated heterocycles. The average molecular weight is 207 g/mol. The summed E-state index contributed by atoms with van der Waals surface area (Å²) in [4.78, 5) is 21.4. The monoisotopic (exact) mass is 207 g/mol. The fourth-order valence-electron chi connectivity index (χ4n) is 1.34. The molecule has 0 aliphatic rings. The Hall–Kier alpha value is -1.68. The molecule has 15 heavy (non-hydrogen) atoms. The normalized spacial score (nSPS) is 14.0. The lowest BCUT2D eigenvalue weighted by molar-refractivity contribution is -0.127. The van der Waals surface area contributed by atoms with Gasteiger partial charge in [0.05, 0.1) is 6.04 Å². The summed E-state index contributed by atoms with van der Waals surface area (Å²) in [5, 5.41) is 12.0. The third-order valence-electron chi connectivity index (χ3n) is 2.14. The number of hydrogen-bond donors (Lipinski definition) is 2. The Morgan fingerprint density at radius 3 is 2.47 bits per heavy atom. The maximum atomic E-state index is 11.0. The van der Waals surface area contributed by atoms with Crippen molar-refractivity contribution in [1.82, 2.24) is 5.32 Å². The van der Waals surface area contributed by atoms with Crippen LogP contribution in [0.2, 0.25) is 0 Å². The van der Waals surface area contributed by atoms with Gasteiger partial charge in [-0.3, -0.25) is 9.59 Å². The average Bonchev–Trinajstić information content (AvgIpc) is 2.26. The summed E-state index contributed by atoms with van der Waals surface area (Å²) in [5.41, 5.74) is 0.701. The number of amides is 1. The quantitative estimate of drug-likeness (QED) is 0.688. The van der Waals surface area contributed by atoms with E-state index in [2.05, 4.69) is 5.32 Å². The molecule has 1 rings (SSSR count). The zero-order valence-corrected chi connectivity index (χ0v) is 8.38. The molecule has 0 aromatic heterocycles. The molecule has 4 nitrogen and oxygen atoms in total. The molecule has 0 heterocycles. The lowest BCUT2D eigenvalue weighted by Crippen LogP contribution is -2.35. The second-order valence-corrected chi connectivity index (χ2v) is 3.23. The van der Waals surface area contributed by atoms with Crippen molar-refractivity contribution < 1.29 is 14.7 Å². The van der Waals surface area contributed by atoms with E-state index < -0.39 is 12.1 Å². The summed E-state index contributed by atoms with van der Waals surface area (Å²) in [5.74, 6) is -0.377. The highest BCUT2D eigenvalue weighted by molar-refractivity contribution is 5.81. The Morgan fingerprint density at radius 1 is 1.40 bits per heavy atom. The van der Waals surface area contributed by atoms with Gasteiger partial charge in [-0.1, -0.05) is 30.3 Å². The van der Waals surface area contributed by atoms with E-state index in [4.69, 9.17) is 0 Å². The number of carbonyl (C=O) groups is 2. The van der Waals surface area contributed by atoms with Crippen LogP contribution in [0.1, 0.15) is 18.5 Å². The summed E-state index contributed by atoms with van der Waals surface area (Å²) in [6.45, 7) is 1.28. The molecule has 80 valence electrons. The second-order valence-electron chi connectivity index (χ2n) is 3.23. The molecule has 4 heteroatoms. The highest BCUT2D eigenvalue weighted by Crippen LogP contribution is 2.16. The van der Waals surface area contributed by atoms with Crippen molar-refractivity contribution in [2.24, 2.45) is 0 Å². The number of hydrogen-bond acceptors (Lipinski definition) is 3. The van der Waals surface area contributed by atoms with E-state index in [1.54, 1.807) is 24.3 Å². The van der Waals surface area contributed by atoms with E-state index in [1.165, 1.54) is 6.92 Å². The molecule has 0 bridgehead atoms. The molecule has 1 amide bonds. The lowest BCUT2D eigenvalue weighted by Gasteiger charge is -2.20. The highest BCUT2D eigenvalue weighted by Gasteiger charge is 2.23. The fourth-order valence-corrected chi connectivity index (χ4v) is 1.34. The molecule has 0 unspecified atom stereocenters. The molecule has 0 spiro atoms. The minimum absolute atomic E-state index is 0.377. The van der Waals surface area contributed by atoms with Crippen LogP contribution in [0.25, 0.3) is 0 Å². The van der Waals surface area contributed by atoms with Gasteiger partial charge < -0.3 is 10.4 Å². The number of rotatable bonds is 5. The van der Waals surface area contributed by atoms with Gasteiger partial charge in [0.2, 0.25) is 6.41 Å². The number of Topliss-reactive ketones (excluding diaryl/α,β-unsaturated/α-hetero) is 1. The summed E-state index contributed by atoms with van der Waals surface area (Å²) in [7, 11) is 0. The predicted octanol–water partition coefficient (Wildman–Crippen LogP) is 0.424. The Labute approximate surface area is 87.9 Å². The first-order valence-corrected chi connectivity index (χ1v) is 4.60. The minimum atomic E-state index is -1.21. The molecular weight excluding hydrogens is 194 g/mol. The summed E-state index contributed by atoms with van der Waals surface area (Å²) >= 11 is 0. The van der Waals surface area contributed by atoms with Gasteiger partial charge in [0.15, 0.2) is 5.78 Å². The van der Waals surface area contributed by atoms with Crippen LogP contribution in [0.5, 0.6) is 0 Å². The maximum absolute atomic E-state index is 11.0. The summed E-state index contributed by atoms with van der Waals surface area (Å²) < 4.78 is 0. The van der Waals surface area contributed by atoms with Crippen LogP contribution >= 0.6 is 0 Å². The maximum Gasteiger partial charge on any atom is 0.207 e. The number of benzene rings is 1. The van der Waals surface area contributed by atoms with Crippen molar-refractivity contribution >= 4 is 12.2 Å². The smallest absolute Gasteiger partial charge is 0.207 e. The molecule has 2 atom stereocenters. The minimum Gasteiger partial charge on any atom is -0.383 e. The van der Waals surface area contributed by atoms with Crippen LogP contribution in [-0.2, 0) is 9.59 Å². The molecule has 0 fully saturated rings. The van der Waals surface area contributed by atoms with Gasteiger partial charge in [0.1, 0.15) is 6.10 Å². The van der Waals surface area contributed by atoms with Gasteiger partial charge in [-0.15, -0.1) is 0 Å². The predicted molar refractivity (Wildman–Crippen MR) is 55.1 cm³/mol. The Kier molecular flexibility index (Phi) is 4.00. The van der Waals surface area contributed by atoms with E-state index >= 15 is 0 Å². The molecule has 1 aromatic carbocycles. The standard InChI is InChI=1S/C11H13NO3/c1-8(14)11(15)10(12-7-13)9-5-3-2-4-6-9/h2-7,10-11,15H,1H3,(H,12,13)/t10-,11-/m0/s1. The van der Waals surface area contributed by atoms with Crippen molar-refractivity contribution in [2.75, 3.05) is 0 Å². The number of aliphatic hydroxyl groups is 1. The van der Waals surface area contributed by atoms with Crippen molar-refractivity contribution in [2.45, 2.75) is 19.1 Å². The number of carbonyl (C=O) groups excluding carboxylic acids is 2. The van der Waals surface area contributed by atoms with Gasteiger partial charge in [-0.05, 0) is 12.5 Å². The number of aliphatic hydroxyl groups excluding tert-OH is 1. The molecule has 0 saturated carbocycles. The van der Waals surface area contributed by atoms with Crippen molar-refractivity contribution in [1.29, 1.82) is 0 Å². The molecule has 2 N–H and O–H groups in total. The first kappa shape index (κ1) is 11.4. The number of ketones is 1. The molecule has 0 radical (unpaired) electrons. The van der Waals surface area contributed by atoms with E-state index in [0.717, 1.165) is 0 Å². The largest absolute Gasteiger partial charge is 0.383 e. The summed E-state index contributed by atoms with van der Waals surface area (Å²) in [6, 6.07) is 8.19. The van der Waals surface area contributed by atoms with Gasteiger partial charge >= 0.3 is 0 Å². The Balaban J connectivity index is 2.92. The first-order chi connectivity index (χ1) is 7.16. The lowest BCUT2D eigenvalue weighted by atomic mass is 9.99. The fraction of sp³-hybridized carbons (Fsp3) is 0.273. The van der Waals surface area contributed by atoms with Crippen LogP contribution in [0.4, 0.5) is 0 Å². The summed E-state index contributed by atoms with van der Waals surface area (Å²) in [6.07, 6.45) is -0.735. The van der Waals surface area contributed by atoms with Crippen molar-refractivity contribution in [3.63, 3.8) is 0 Å². The van der Waals surface area contributed by atoms with Gasteiger partial charge in [0.25, 0.3) is 0 Å². The zero-order chi connectivity index (χ0) is 11.3. The van der Waals surface area contributed by atoms with Crippen LogP contribution in [0.15, 0.2) is 30.3 Å². The van der Waals surface area contributed by atoms with Crippen LogP contribution in [0, 0.1) is 0 Å². The van der Waals surface area contributed by atoms with Crippen LogP contribution < -0.4 is 5.32 Å². The highest BCUT2D eigenvalue weighted by atomic mass is 16.3. The van der Waals surface area contributed by atoms with E-state index in [0.29, 0.717) is 12.0 Å². The Morgan fingerprint density at radius 2 is 2.00 bits per heavy atom. The third kappa shape index (κ3) is 2.89. The van der Waals surface area contributed by atoms with E-state index in [9.17, 15) is 14.7 Å². The van der Waals surface area contributed by atoms with Crippen molar-refractivity contribution in [3.8, 4) is 0 Å². The SMILES string of the molecule is CC(=O)[C@H](O)[C@@H](NC=O)c1ccccc1. The van der Waals surface area contributed by atoms with Gasteiger partial charge in [-0.2, -0.15) is 0 Å². The van der Waals surface area contributed by atoms with Crippen LogP contribution in [-0.4, -0.2) is 23.4 Å². The van der Waals surface area contributed by atoms with Gasteiger partial charge in [0, 0.05) is 0 Å². The van der Waals surface area contributed by atoms with E-state index in [1.807, 2.05) is 6.07 Å².